The molecule has 1 heterocycles. The highest BCUT2D eigenvalue weighted by molar-refractivity contribution is 5.76. The van der Waals surface area contributed by atoms with Crippen molar-refractivity contribution in [2.24, 2.45) is 0 Å². The first-order valence-corrected chi connectivity index (χ1v) is 3.53. The molecular formula is C7H10N2O3. The molecule has 0 saturated heterocycles. The average molecular weight is 170 g/mol. The highest BCUT2D eigenvalue weighted by Crippen LogP contribution is 2.11. The smallest absolute Gasteiger partial charge is 0.316 e. The second-order valence-corrected chi connectivity index (χ2v) is 2.42. The summed E-state index contributed by atoms with van der Waals surface area (Å²) in [5, 5.41) is 3.60. The standard InChI is InChI=1S/C7H10N2O3/c1-4(7(10)11-3)6-8-5(2)12-9-6/h4H,1-3H3. The zero-order valence-electron chi connectivity index (χ0n) is 7.20. The van der Waals surface area contributed by atoms with Gasteiger partial charge in [0.2, 0.25) is 5.89 Å². The maximum Gasteiger partial charge on any atom is 0.316 e. The minimum atomic E-state index is -0.465. The van der Waals surface area contributed by atoms with Gasteiger partial charge in [0, 0.05) is 6.92 Å². The van der Waals surface area contributed by atoms with Crippen LogP contribution in [0.5, 0.6) is 0 Å². The topological polar surface area (TPSA) is 65.2 Å². The number of esters is 1. The Labute approximate surface area is 69.7 Å². The van der Waals surface area contributed by atoms with E-state index < -0.39 is 5.92 Å². The van der Waals surface area contributed by atoms with Gasteiger partial charge >= 0.3 is 5.97 Å². The van der Waals surface area contributed by atoms with Gasteiger partial charge in [-0.05, 0) is 6.92 Å². The van der Waals surface area contributed by atoms with Gasteiger partial charge in [-0.25, -0.2) is 0 Å². The van der Waals surface area contributed by atoms with Crippen molar-refractivity contribution in [2.45, 2.75) is 19.8 Å². The van der Waals surface area contributed by atoms with Crippen molar-refractivity contribution in [3.63, 3.8) is 0 Å². The molecule has 1 aromatic heterocycles. The van der Waals surface area contributed by atoms with Gasteiger partial charge in [-0.15, -0.1) is 0 Å². The van der Waals surface area contributed by atoms with Crippen LogP contribution in [-0.2, 0) is 9.53 Å². The van der Waals surface area contributed by atoms with Crippen LogP contribution in [0.3, 0.4) is 0 Å². The number of methoxy groups -OCH3 is 1. The van der Waals surface area contributed by atoms with Crippen LogP contribution in [0.1, 0.15) is 24.6 Å². The van der Waals surface area contributed by atoms with E-state index in [2.05, 4.69) is 14.9 Å². The van der Waals surface area contributed by atoms with Crippen LogP contribution in [0, 0.1) is 6.92 Å². The van der Waals surface area contributed by atoms with Gasteiger partial charge in [0.15, 0.2) is 5.82 Å². The molecule has 0 saturated carbocycles. The molecule has 0 amide bonds. The van der Waals surface area contributed by atoms with Gasteiger partial charge in [0.25, 0.3) is 0 Å². The number of aromatic nitrogens is 2. The fraction of sp³-hybridized carbons (Fsp3) is 0.571. The van der Waals surface area contributed by atoms with E-state index in [1.165, 1.54) is 7.11 Å². The lowest BCUT2D eigenvalue weighted by atomic mass is 10.2. The molecule has 12 heavy (non-hydrogen) atoms. The summed E-state index contributed by atoms with van der Waals surface area (Å²) >= 11 is 0. The number of aryl methyl sites for hydroxylation is 1. The summed E-state index contributed by atoms with van der Waals surface area (Å²) in [6, 6.07) is 0. The molecule has 1 unspecified atom stereocenters. The number of hydrogen-bond acceptors (Lipinski definition) is 5. The first-order valence-electron chi connectivity index (χ1n) is 3.53. The second kappa shape index (κ2) is 3.34. The molecule has 0 bridgehead atoms. The summed E-state index contributed by atoms with van der Waals surface area (Å²) in [5.41, 5.74) is 0. The minimum absolute atomic E-state index is 0.361. The van der Waals surface area contributed by atoms with E-state index in [1.807, 2.05) is 0 Å². The lowest BCUT2D eigenvalue weighted by Crippen LogP contribution is -2.12. The van der Waals surface area contributed by atoms with Crippen molar-refractivity contribution >= 4 is 5.97 Å². The Bertz CT molecular complexity index is 282. The third kappa shape index (κ3) is 1.61. The van der Waals surface area contributed by atoms with Crippen molar-refractivity contribution in [1.29, 1.82) is 0 Å². The predicted molar refractivity (Wildman–Crippen MR) is 39.5 cm³/mol. The largest absolute Gasteiger partial charge is 0.468 e. The van der Waals surface area contributed by atoms with Crippen LogP contribution in [-0.4, -0.2) is 23.2 Å². The molecule has 0 aromatic carbocycles. The van der Waals surface area contributed by atoms with Gasteiger partial charge in [-0.2, -0.15) is 4.98 Å². The Morgan fingerprint density at radius 1 is 1.67 bits per heavy atom. The molecule has 0 aliphatic heterocycles. The third-order valence-electron chi connectivity index (χ3n) is 1.49. The molecule has 0 aliphatic carbocycles. The number of nitrogens with zero attached hydrogens (tertiary/aromatic N) is 2. The first kappa shape index (κ1) is 8.70. The minimum Gasteiger partial charge on any atom is -0.468 e. The first-order chi connectivity index (χ1) is 5.65. The molecule has 66 valence electrons. The molecule has 1 aromatic rings. The van der Waals surface area contributed by atoms with Crippen LogP contribution in [0.2, 0.25) is 0 Å². The van der Waals surface area contributed by atoms with E-state index in [0.29, 0.717) is 11.7 Å². The number of ether oxygens (including phenoxy) is 1. The average Bonchev–Trinajstić information content (AvgIpc) is 2.49. The number of hydrogen-bond donors (Lipinski definition) is 0. The molecule has 0 fully saturated rings. The summed E-state index contributed by atoms with van der Waals surface area (Å²) in [7, 11) is 1.33. The molecule has 0 spiro atoms. The second-order valence-electron chi connectivity index (χ2n) is 2.42. The van der Waals surface area contributed by atoms with E-state index in [4.69, 9.17) is 4.52 Å². The summed E-state index contributed by atoms with van der Waals surface area (Å²) < 4.78 is 9.23. The Hall–Kier alpha value is -1.39. The fourth-order valence-electron chi connectivity index (χ4n) is 0.773. The zero-order valence-corrected chi connectivity index (χ0v) is 7.20. The quantitative estimate of drug-likeness (QED) is 0.610. The highest BCUT2D eigenvalue weighted by Gasteiger charge is 2.20. The Kier molecular flexibility index (Phi) is 2.42. The summed E-state index contributed by atoms with van der Waals surface area (Å²) in [6.07, 6.45) is 0. The van der Waals surface area contributed by atoms with Crippen LogP contribution in [0.4, 0.5) is 0 Å². The molecular weight excluding hydrogens is 160 g/mol. The van der Waals surface area contributed by atoms with Gasteiger partial charge in [-0.3, -0.25) is 4.79 Å². The summed E-state index contributed by atoms with van der Waals surface area (Å²) in [4.78, 5) is 14.9. The van der Waals surface area contributed by atoms with Gasteiger partial charge in [0.05, 0.1) is 7.11 Å². The highest BCUT2D eigenvalue weighted by atomic mass is 16.5. The molecule has 0 radical (unpaired) electrons. The fourth-order valence-corrected chi connectivity index (χ4v) is 0.773. The van der Waals surface area contributed by atoms with Crippen molar-refractivity contribution in [1.82, 2.24) is 10.1 Å². The van der Waals surface area contributed by atoms with E-state index in [-0.39, 0.29) is 5.97 Å². The summed E-state index contributed by atoms with van der Waals surface area (Å²) in [6.45, 7) is 3.33. The molecule has 1 atom stereocenters. The van der Waals surface area contributed by atoms with Crippen molar-refractivity contribution in [3.8, 4) is 0 Å². The van der Waals surface area contributed by atoms with Crippen LogP contribution in [0.25, 0.3) is 0 Å². The van der Waals surface area contributed by atoms with Crippen LogP contribution in [0.15, 0.2) is 4.52 Å². The normalized spacial score (nSPS) is 12.6. The van der Waals surface area contributed by atoms with E-state index in [9.17, 15) is 4.79 Å². The lowest BCUT2D eigenvalue weighted by molar-refractivity contribution is -0.142. The van der Waals surface area contributed by atoms with Gasteiger partial charge < -0.3 is 9.26 Å². The monoisotopic (exact) mass is 170 g/mol. The number of rotatable bonds is 2. The Balaban J connectivity index is 2.77. The van der Waals surface area contributed by atoms with Crippen LogP contribution >= 0.6 is 0 Å². The maximum absolute atomic E-state index is 11.0. The molecule has 0 aliphatic rings. The van der Waals surface area contributed by atoms with Crippen molar-refractivity contribution in [2.75, 3.05) is 7.11 Å². The van der Waals surface area contributed by atoms with Gasteiger partial charge in [0.1, 0.15) is 5.92 Å². The molecule has 1 rings (SSSR count). The SMILES string of the molecule is COC(=O)C(C)c1noc(C)n1. The Morgan fingerprint density at radius 2 is 2.33 bits per heavy atom. The predicted octanol–water partition coefficient (Wildman–Crippen LogP) is 0.655. The van der Waals surface area contributed by atoms with Gasteiger partial charge in [-0.1, -0.05) is 5.16 Å². The van der Waals surface area contributed by atoms with Crippen LogP contribution < -0.4 is 0 Å². The Morgan fingerprint density at radius 3 is 2.75 bits per heavy atom. The van der Waals surface area contributed by atoms with Crippen molar-refractivity contribution in [3.05, 3.63) is 11.7 Å². The number of carbonyl (C=O) groups excluding carboxylic acids is 1. The molecule has 5 nitrogen and oxygen atoms in total. The van der Waals surface area contributed by atoms with E-state index >= 15 is 0 Å². The number of carbonyl (C=O) groups is 1. The third-order valence-corrected chi connectivity index (χ3v) is 1.49. The molecule has 0 N–H and O–H groups in total. The molecule has 5 heteroatoms. The van der Waals surface area contributed by atoms with E-state index in [1.54, 1.807) is 13.8 Å². The lowest BCUT2D eigenvalue weighted by Gasteiger charge is -2.01. The maximum atomic E-state index is 11.0. The van der Waals surface area contributed by atoms with Crippen molar-refractivity contribution < 1.29 is 14.1 Å². The zero-order chi connectivity index (χ0) is 9.14. The summed E-state index contributed by atoms with van der Waals surface area (Å²) in [5.74, 6) is -0.0247. The van der Waals surface area contributed by atoms with E-state index in [0.717, 1.165) is 0 Å².